The first-order valence-electron chi connectivity index (χ1n) is 6.85. The van der Waals surface area contributed by atoms with Crippen LogP contribution in [0.25, 0.3) is 11.3 Å². The van der Waals surface area contributed by atoms with Crippen molar-refractivity contribution in [1.82, 2.24) is 9.78 Å². The van der Waals surface area contributed by atoms with Gasteiger partial charge in [-0.05, 0) is 56.7 Å². The summed E-state index contributed by atoms with van der Waals surface area (Å²) in [6.07, 6.45) is 3.90. The number of rotatable bonds is 3. The molecule has 0 bridgehead atoms. The Labute approximate surface area is 119 Å². The monoisotopic (exact) mass is 274 g/mol. The molecule has 0 spiro atoms. The molecule has 19 heavy (non-hydrogen) atoms. The van der Waals surface area contributed by atoms with Crippen molar-refractivity contribution in [2.24, 2.45) is 13.0 Å². The SMILES string of the molecule is Cc1cc(Cl)ccc1-c1c(CC2CC2)c(C)nn1C. The summed E-state index contributed by atoms with van der Waals surface area (Å²) in [5, 5.41) is 5.41. The average molecular weight is 275 g/mol. The zero-order chi connectivity index (χ0) is 13.6. The Morgan fingerprint density at radius 1 is 1.32 bits per heavy atom. The zero-order valence-corrected chi connectivity index (χ0v) is 12.5. The quantitative estimate of drug-likeness (QED) is 0.815. The van der Waals surface area contributed by atoms with Crippen LogP contribution in [0, 0.1) is 19.8 Å². The van der Waals surface area contributed by atoms with Crippen molar-refractivity contribution in [2.45, 2.75) is 33.1 Å². The van der Waals surface area contributed by atoms with E-state index in [4.69, 9.17) is 11.6 Å². The van der Waals surface area contributed by atoms with Crippen LogP contribution >= 0.6 is 11.6 Å². The fourth-order valence-electron chi connectivity index (χ4n) is 2.79. The van der Waals surface area contributed by atoms with E-state index in [9.17, 15) is 0 Å². The predicted molar refractivity (Wildman–Crippen MR) is 79.6 cm³/mol. The molecule has 0 amide bonds. The molecule has 1 aromatic carbocycles. The third kappa shape index (κ3) is 2.42. The first kappa shape index (κ1) is 12.7. The molecule has 1 fully saturated rings. The lowest BCUT2D eigenvalue weighted by Crippen LogP contribution is -1.98. The van der Waals surface area contributed by atoms with Gasteiger partial charge in [0.1, 0.15) is 0 Å². The Kier molecular flexibility index (Phi) is 3.14. The molecular formula is C16H19ClN2. The minimum Gasteiger partial charge on any atom is -0.267 e. The Bertz CT molecular complexity index is 624. The summed E-state index contributed by atoms with van der Waals surface area (Å²) in [6.45, 7) is 4.23. The van der Waals surface area contributed by atoms with Crippen molar-refractivity contribution in [3.63, 3.8) is 0 Å². The summed E-state index contributed by atoms with van der Waals surface area (Å²) in [4.78, 5) is 0. The fourth-order valence-corrected chi connectivity index (χ4v) is 3.01. The molecule has 1 aromatic heterocycles. The van der Waals surface area contributed by atoms with Crippen LogP contribution in [0.15, 0.2) is 18.2 Å². The zero-order valence-electron chi connectivity index (χ0n) is 11.7. The van der Waals surface area contributed by atoms with Crippen molar-refractivity contribution in [3.8, 4) is 11.3 Å². The number of hydrogen-bond acceptors (Lipinski definition) is 1. The molecule has 0 aliphatic heterocycles. The molecule has 2 nitrogen and oxygen atoms in total. The van der Waals surface area contributed by atoms with E-state index in [0.29, 0.717) is 0 Å². The number of benzene rings is 1. The normalized spacial score (nSPS) is 14.9. The van der Waals surface area contributed by atoms with E-state index >= 15 is 0 Å². The molecule has 0 saturated heterocycles. The topological polar surface area (TPSA) is 17.8 Å². The van der Waals surface area contributed by atoms with Gasteiger partial charge in [-0.15, -0.1) is 0 Å². The minimum absolute atomic E-state index is 0.795. The van der Waals surface area contributed by atoms with E-state index in [0.717, 1.165) is 17.4 Å². The smallest absolute Gasteiger partial charge is 0.0716 e. The van der Waals surface area contributed by atoms with Crippen LogP contribution in [0.5, 0.6) is 0 Å². The molecule has 1 heterocycles. The van der Waals surface area contributed by atoms with Crippen LogP contribution in [0.2, 0.25) is 5.02 Å². The van der Waals surface area contributed by atoms with Crippen LogP contribution in [-0.4, -0.2) is 9.78 Å². The Morgan fingerprint density at radius 3 is 2.68 bits per heavy atom. The highest BCUT2D eigenvalue weighted by molar-refractivity contribution is 6.30. The number of nitrogens with zero attached hydrogens (tertiary/aromatic N) is 2. The molecule has 0 atom stereocenters. The minimum atomic E-state index is 0.795. The van der Waals surface area contributed by atoms with Crippen LogP contribution in [0.4, 0.5) is 0 Å². The highest BCUT2D eigenvalue weighted by atomic mass is 35.5. The number of aromatic nitrogens is 2. The standard InChI is InChI=1S/C16H19ClN2/c1-10-8-13(17)6-7-14(10)16-15(9-12-4-5-12)11(2)18-19(16)3/h6-8,12H,4-5,9H2,1-3H3. The molecule has 3 heteroatoms. The lowest BCUT2D eigenvalue weighted by Gasteiger charge is -2.10. The van der Waals surface area contributed by atoms with Gasteiger partial charge in [-0.2, -0.15) is 5.10 Å². The van der Waals surface area contributed by atoms with Crippen LogP contribution in [0.1, 0.15) is 29.7 Å². The van der Waals surface area contributed by atoms with Gasteiger partial charge in [0.15, 0.2) is 0 Å². The number of halogens is 1. The van der Waals surface area contributed by atoms with Crippen LogP contribution in [0.3, 0.4) is 0 Å². The van der Waals surface area contributed by atoms with Gasteiger partial charge in [-0.3, -0.25) is 4.68 Å². The Balaban J connectivity index is 2.12. The van der Waals surface area contributed by atoms with Crippen molar-refractivity contribution in [3.05, 3.63) is 40.0 Å². The summed E-state index contributed by atoms with van der Waals surface area (Å²) >= 11 is 6.06. The van der Waals surface area contributed by atoms with Crippen LogP contribution in [-0.2, 0) is 13.5 Å². The molecule has 0 N–H and O–H groups in total. The average Bonchev–Trinajstić information content (AvgIpc) is 3.09. The van der Waals surface area contributed by atoms with Gasteiger partial charge in [0, 0.05) is 23.2 Å². The molecule has 100 valence electrons. The molecular weight excluding hydrogens is 256 g/mol. The highest BCUT2D eigenvalue weighted by Crippen LogP contribution is 2.38. The van der Waals surface area contributed by atoms with Gasteiger partial charge in [0.25, 0.3) is 0 Å². The Hall–Kier alpha value is -1.28. The maximum atomic E-state index is 6.06. The van der Waals surface area contributed by atoms with Gasteiger partial charge in [-0.1, -0.05) is 17.7 Å². The van der Waals surface area contributed by atoms with Crippen molar-refractivity contribution in [1.29, 1.82) is 0 Å². The molecule has 0 radical (unpaired) electrons. The van der Waals surface area contributed by atoms with Crippen molar-refractivity contribution >= 4 is 11.6 Å². The van der Waals surface area contributed by atoms with E-state index in [2.05, 4.69) is 25.0 Å². The van der Waals surface area contributed by atoms with E-state index in [1.165, 1.54) is 40.9 Å². The summed E-state index contributed by atoms with van der Waals surface area (Å²) in [7, 11) is 2.03. The summed E-state index contributed by atoms with van der Waals surface area (Å²) in [5.74, 6) is 0.870. The van der Waals surface area contributed by atoms with Gasteiger partial charge in [0.05, 0.1) is 11.4 Å². The van der Waals surface area contributed by atoms with E-state index in [1.54, 1.807) is 0 Å². The highest BCUT2D eigenvalue weighted by Gasteiger charge is 2.26. The lowest BCUT2D eigenvalue weighted by atomic mass is 9.98. The third-order valence-electron chi connectivity index (χ3n) is 3.98. The summed E-state index contributed by atoms with van der Waals surface area (Å²) in [5.41, 5.74) is 6.31. The van der Waals surface area contributed by atoms with E-state index < -0.39 is 0 Å². The first-order valence-corrected chi connectivity index (χ1v) is 7.23. The summed E-state index contributed by atoms with van der Waals surface area (Å²) in [6, 6.07) is 6.11. The molecule has 2 aromatic rings. The van der Waals surface area contributed by atoms with Gasteiger partial charge < -0.3 is 0 Å². The van der Waals surface area contributed by atoms with E-state index in [-0.39, 0.29) is 0 Å². The fraction of sp³-hybridized carbons (Fsp3) is 0.438. The van der Waals surface area contributed by atoms with Gasteiger partial charge in [-0.25, -0.2) is 0 Å². The molecule has 1 saturated carbocycles. The number of aryl methyl sites for hydroxylation is 3. The van der Waals surface area contributed by atoms with Crippen molar-refractivity contribution < 1.29 is 0 Å². The second-order valence-corrected chi connectivity index (χ2v) is 6.08. The molecule has 3 rings (SSSR count). The Morgan fingerprint density at radius 2 is 2.05 bits per heavy atom. The number of hydrogen-bond donors (Lipinski definition) is 0. The van der Waals surface area contributed by atoms with Crippen LogP contribution < -0.4 is 0 Å². The first-order chi connectivity index (χ1) is 9.06. The largest absolute Gasteiger partial charge is 0.267 e. The maximum Gasteiger partial charge on any atom is 0.0716 e. The second kappa shape index (κ2) is 4.68. The van der Waals surface area contributed by atoms with Crippen molar-refractivity contribution in [2.75, 3.05) is 0 Å². The second-order valence-electron chi connectivity index (χ2n) is 5.64. The van der Waals surface area contributed by atoms with E-state index in [1.807, 2.05) is 23.9 Å². The maximum absolute atomic E-state index is 6.06. The third-order valence-corrected chi connectivity index (χ3v) is 4.21. The molecule has 0 unspecified atom stereocenters. The van der Waals surface area contributed by atoms with Gasteiger partial charge in [0.2, 0.25) is 0 Å². The molecule has 1 aliphatic carbocycles. The molecule has 1 aliphatic rings. The lowest BCUT2D eigenvalue weighted by molar-refractivity contribution is 0.763. The van der Waals surface area contributed by atoms with Gasteiger partial charge >= 0.3 is 0 Å². The predicted octanol–water partition coefficient (Wildman–Crippen LogP) is 4.31. The summed E-state index contributed by atoms with van der Waals surface area (Å²) < 4.78 is 2.02.